The first-order chi connectivity index (χ1) is 14.1. The van der Waals surface area contributed by atoms with E-state index in [0.717, 1.165) is 11.1 Å². The van der Waals surface area contributed by atoms with Gasteiger partial charge in [-0.25, -0.2) is 9.18 Å². The molecule has 2 amide bonds. The third-order valence-electron chi connectivity index (χ3n) is 4.01. The highest BCUT2D eigenvalue weighted by Crippen LogP contribution is 2.25. The van der Waals surface area contributed by atoms with Crippen molar-refractivity contribution in [2.75, 3.05) is 10.6 Å². The predicted molar refractivity (Wildman–Crippen MR) is 109 cm³/mol. The monoisotopic (exact) mass is 408 g/mol. The Hall–Kier alpha value is -3.71. The normalized spacial score (nSPS) is 10.6. The molecule has 0 aliphatic rings. The Morgan fingerprint density at radius 3 is 2.07 bits per heavy atom. The Bertz CT molecular complexity index is 1150. The van der Waals surface area contributed by atoms with Crippen molar-refractivity contribution in [3.8, 4) is 22.9 Å². The van der Waals surface area contributed by atoms with E-state index in [4.69, 9.17) is 16.0 Å². The summed E-state index contributed by atoms with van der Waals surface area (Å²) in [5.74, 6) is 0.255. The zero-order valence-corrected chi connectivity index (χ0v) is 15.7. The number of benzene rings is 3. The van der Waals surface area contributed by atoms with Gasteiger partial charge < -0.3 is 15.1 Å². The highest BCUT2D eigenvalue weighted by molar-refractivity contribution is 6.31. The smallest absolute Gasteiger partial charge is 0.323 e. The zero-order chi connectivity index (χ0) is 20.2. The van der Waals surface area contributed by atoms with E-state index in [0.29, 0.717) is 23.2 Å². The van der Waals surface area contributed by atoms with E-state index in [9.17, 15) is 9.18 Å². The lowest BCUT2D eigenvalue weighted by Crippen LogP contribution is -2.19. The summed E-state index contributed by atoms with van der Waals surface area (Å²) in [6, 6.07) is 19.8. The summed E-state index contributed by atoms with van der Waals surface area (Å²) < 4.78 is 18.9. The van der Waals surface area contributed by atoms with Crippen LogP contribution in [-0.4, -0.2) is 16.2 Å². The Labute approximate surface area is 170 Å². The molecule has 2 N–H and O–H groups in total. The zero-order valence-electron chi connectivity index (χ0n) is 14.9. The summed E-state index contributed by atoms with van der Waals surface area (Å²) in [5, 5.41) is 13.3. The van der Waals surface area contributed by atoms with E-state index in [2.05, 4.69) is 20.8 Å². The van der Waals surface area contributed by atoms with Crippen LogP contribution in [0.4, 0.5) is 20.6 Å². The van der Waals surface area contributed by atoms with Crippen LogP contribution in [0, 0.1) is 5.82 Å². The molecule has 1 heterocycles. The average molecular weight is 409 g/mol. The largest absolute Gasteiger partial charge is 0.416 e. The lowest BCUT2D eigenvalue weighted by molar-refractivity contribution is 0.262. The number of anilines is 2. The van der Waals surface area contributed by atoms with Gasteiger partial charge in [-0.1, -0.05) is 29.8 Å². The number of hydrogen-bond donors (Lipinski definition) is 2. The van der Waals surface area contributed by atoms with E-state index >= 15 is 0 Å². The molecule has 6 nitrogen and oxygen atoms in total. The van der Waals surface area contributed by atoms with Crippen LogP contribution in [0.2, 0.25) is 5.02 Å². The summed E-state index contributed by atoms with van der Waals surface area (Å²) in [7, 11) is 0. The lowest BCUT2D eigenvalue weighted by atomic mass is 10.2. The first-order valence-electron chi connectivity index (χ1n) is 8.61. The first-order valence-corrected chi connectivity index (χ1v) is 8.99. The van der Waals surface area contributed by atoms with Crippen molar-refractivity contribution < 1.29 is 13.6 Å². The quantitative estimate of drug-likeness (QED) is 0.444. The number of amides is 2. The highest BCUT2D eigenvalue weighted by Gasteiger charge is 2.11. The van der Waals surface area contributed by atoms with Crippen LogP contribution < -0.4 is 10.6 Å². The second-order valence-electron chi connectivity index (χ2n) is 6.06. The third kappa shape index (κ3) is 4.41. The Balaban J connectivity index is 1.42. The molecular weight excluding hydrogens is 395 g/mol. The number of nitrogens with zero attached hydrogens (tertiary/aromatic N) is 2. The van der Waals surface area contributed by atoms with Crippen LogP contribution in [0.3, 0.4) is 0 Å². The highest BCUT2D eigenvalue weighted by atomic mass is 35.5. The molecule has 3 aromatic carbocycles. The molecule has 0 aliphatic heterocycles. The van der Waals surface area contributed by atoms with E-state index in [1.165, 1.54) is 18.2 Å². The van der Waals surface area contributed by atoms with Gasteiger partial charge in [-0.15, -0.1) is 10.2 Å². The SMILES string of the molecule is O=C(Nc1ccc(-c2nnc(-c3ccccc3)o2)cc1)Nc1ccc(F)c(Cl)c1. The molecule has 4 aromatic rings. The second-order valence-corrected chi connectivity index (χ2v) is 6.47. The van der Waals surface area contributed by atoms with E-state index < -0.39 is 11.8 Å². The predicted octanol–water partition coefficient (Wildman–Crippen LogP) is 5.84. The van der Waals surface area contributed by atoms with Crippen LogP contribution in [0.5, 0.6) is 0 Å². The molecule has 0 aliphatic carbocycles. The third-order valence-corrected chi connectivity index (χ3v) is 4.30. The van der Waals surface area contributed by atoms with Crippen LogP contribution in [-0.2, 0) is 0 Å². The number of carbonyl (C=O) groups is 1. The molecule has 4 rings (SSSR count). The van der Waals surface area contributed by atoms with Gasteiger partial charge in [0.1, 0.15) is 5.82 Å². The van der Waals surface area contributed by atoms with Crippen molar-refractivity contribution in [1.82, 2.24) is 10.2 Å². The molecule has 0 saturated carbocycles. The molecule has 29 heavy (non-hydrogen) atoms. The van der Waals surface area contributed by atoms with Crippen molar-refractivity contribution in [2.24, 2.45) is 0 Å². The molecule has 0 atom stereocenters. The first kappa shape index (κ1) is 18.6. The number of aromatic nitrogens is 2. The van der Waals surface area contributed by atoms with E-state index in [1.807, 2.05) is 30.3 Å². The van der Waals surface area contributed by atoms with Gasteiger partial charge in [-0.05, 0) is 54.6 Å². The summed E-state index contributed by atoms with van der Waals surface area (Å²) >= 11 is 5.71. The minimum atomic E-state index is -0.551. The van der Waals surface area contributed by atoms with Crippen LogP contribution >= 0.6 is 11.6 Å². The molecule has 0 radical (unpaired) electrons. The fourth-order valence-corrected chi connectivity index (χ4v) is 2.78. The molecule has 0 unspecified atom stereocenters. The Kier molecular flexibility index (Phi) is 5.22. The van der Waals surface area contributed by atoms with Crippen molar-refractivity contribution in [2.45, 2.75) is 0 Å². The molecule has 1 aromatic heterocycles. The van der Waals surface area contributed by atoms with Crippen molar-refractivity contribution in [3.05, 3.63) is 83.6 Å². The molecule has 0 saturated heterocycles. The maximum Gasteiger partial charge on any atom is 0.323 e. The van der Waals surface area contributed by atoms with Gasteiger partial charge in [-0.3, -0.25) is 0 Å². The molecule has 0 bridgehead atoms. The van der Waals surface area contributed by atoms with Gasteiger partial charge in [0.2, 0.25) is 11.8 Å². The summed E-state index contributed by atoms with van der Waals surface area (Å²) in [5.41, 5.74) is 2.49. The molecule has 8 heteroatoms. The Morgan fingerprint density at radius 2 is 1.41 bits per heavy atom. The number of nitrogens with one attached hydrogen (secondary N) is 2. The minimum absolute atomic E-state index is 0.0680. The number of rotatable bonds is 4. The standard InChI is InChI=1S/C21H14ClFN4O2/c22-17-12-16(10-11-18(17)23)25-21(28)24-15-8-6-14(7-9-15)20-27-26-19(29-20)13-4-2-1-3-5-13/h1-12H,(H2,24,25,28). The maximum atomic E-state index is 13.2. The van der Waals surface area contributed by atoms with Crippen LogP contribution in [0.15, 0.2) is 77.2 Å². The van der Waals surface area contributed by atoms with Crippen molar-refractivity contribution in [3.63, 3.8) is 0 Å². The van der Waals surface area contributed by atoms with Gasteiger partial charge in [0.25, 0.3) is 0 Å². The van der Waals surface area contributed by atoms with Crippen molar-refractivity contribution >= 4 is 29.0 Å². The van der Waals surface area contributed by atoms with Gasteiger partial charge in [0.05, 0.1) is 5.02 Å². The molecular formula is C21H14ClFN4O2. The van der Waals surface area contributed by atoms with Crippen LogP contribution in [0.1, 0.15) is 0 Å². The van der Waals surface area contributed by atoms with E-state index in [1.54, 1.807) is 24.3 Å². The number of urea groups is 1. The fourth-order valence-electron chi connectivity index (χ4n) is 2.60. The van der Waals surface area contributed by atoms with Crippen LogP contribution in [0.25, 0.3) is 22.9 Å². The maximum absolute atomic E-state index is 13.2. The molecule has 144 valence electrons. The molecule has 0 spiro atoms. The van der Waals surface area contributed by atoms with Gasteiger partial charge in [-0.2, -0.15) is 0 Å². The average Bonchev–Trinajstić information content (AvgIpc) is 3.22. The second kappa shape index (κ2) is 8.12. The summed E-state index contributed by atoms with van der Waals surface area (Å²) in [4.78, 5) is 12.1. The Morgan fingerprint density at radius 1 is 0.828 bits per heavy atom. The topological polar surface area (TPSA) is 80.1 Å². The summed E-state index contributed by atoms with van der Waals surface area (Å²) in [6.07, 6.45) is 0. The minimum Gasteiger partial charge on any atom is -0.416 e. The number of carbonyl (C=O) groups excluding carboxylic acids is 1. The number of hydrogen-bond acceptors (Lipinski definition) is 4. The fraction of sp³-hybridized carbons (Fsp3) is 0. The van der Waals surface area contributed by atoms with Gasteiger partial charge in [0.15, 0.2) is 0 Å². The molecule has 0 fully saturated rings. The van der Waals surface area contributed by atoms with E-state index in [-0.39, 0.29) is 5.02 Å². The summed E-state index contributed by atoms with van der Waals surface area (Å²) in [6.45, 7) is 0. The lowest BCUT2D eigenvalue weighted by Gasteiger charge is -2.08. The van der Waals surface area contributed by atoms with Gasteiger partial charge in [0, 0.05) is 22.5 Å². The van der Waals surface area contributed by atoms with Gasteiger partial charge >= 0.3 is 6.03 Å². The number of halogens is 2. The van der Waals surface area contributed by atoms with Crippen molar-refractivity contribution in [1.29, 1.82) is 0 Å².